The van der Waals surface area contributed by atoms with Gasteiger partial charge in [0.2, 0.25) is 0 Å². The molecule has 0 bridgehead atoms. The standard InChI is InChI=1S/C24H26F9N3O3/c25-22(26,27)18-2-1-13(19(3-18)35-9-16-11-38-12-17(16)10-35)4-34-5-14-7-36(8-15(14)6-34)21(37)39-20(23(28,29)30)24(31,32)33/h1-3,14-17,20H,4-12H2. The Labute approximate surface area is 217 Å². The number of rotatable bonds is 4. The van der Waals surface area contributed by atoms with E-state index in [0.29, 0.717) is 57.2 Å². The first kappa shape index (κ1) is 28.1. The van der Waals surface area contributed by atoms with Crippen molar-refractivity contribution in [3.63, 3.8) is 0 Å². The van der Waals surface area contributed by atoms with E-state index >= 15 is 0 Å². The van der Waals surface area contributed by atoms with E-state index in [1.54, 1.807) is 0 Å². The van der Waals surface area contributed by atoms with Gasteiger partial charge in [-0.3, -0.25) is 4.90 Å². The van der Waals surface area contributed by atoms with Crippen LogP contribution < -0.4 is 4.90 Å². The second-order valence-corrected chi connectivity index (χ2v) is 10.8. The second-order valence-electron chi connectivity index (χ2n) is 10.8. The highest BCUT2D eigenvalue weighted by Gasteiger charge is 2.60. The molecule has 0 spiro atoms. The van der Waals surface area contributed by atoms with Crippen LogP contribution in [0.2, 0.25) is 0 Å². The van der Waals surface area contributed by atoms with Gasteiger partial charge in [-0.2, -0.15) is 39.5 Å². The van der Waals surface area contributed by atoms with Crippen LogP contribution >= 0.6 is 0 Å². The predicted molar refractivity (Wildman–Crippen MR) is 118 cm³/mol. The highest BCUT2D eigenvalue weighted by atomic mass is 19.4. The number of anilines is 1. The van der Waals surface area contributed by atoms with Gasteiger partial charge in [0.05, 0.1) is 18.8 Å². The van der Waals surface area contributed by atoms with Gasteiger partial charge in [-0.15, -0.1) is 0 Å². The maximum Gasteiger partial charge on any atom is 0.434 e. The maximum atomic E-state index is 13.5. The monoisotopic (exact) mass is 575 g/mol. The fourth-order valence-electron chi connectivity index (χ4n) is 6.16. The van der Waals surface area contributed by atoms with E-state index < -0.39 is 36.3 Å². The third-order valence-electron chi connectivity index (χ3n) is 8.02. The van der Waals surface area contributed by atoms with Crippen LogP contribution in [0.1, 0.15) is 11.1 Å². The molecule has 6 nitrogen and oxygen atoms in total. The average Bonchev–Trinajstić information content (AvgIpc) is 3.55. The molecule has 0 saturated carbocycles. The fraction of sp³-hybridized carbons (Fsp3) is 0.708. The summed E-state index contributed by atoms with van der Waals surface area (Å²) in [5, 5.41) is 0. The summed E-state index contributed by atoms with van der Waals surface area (Å²) in [5.41, 5.74) is 0.434. The van der Waals surface area contributed by atoms with Crippen molar-refractivity contribution in [2.45, 2.75) is 31.2 Å². The van der Waals surface area contributed by atoms with Crippen molar-refractivity contribution in [2.24, 2.45) is 23.7 Å². The van der Waals surface area contributed by atoms with Gasteiger partial charge in [-0.05, 0) is 29.5 Å². The molecule has 4 saturated heterocycles. The number of likely N-dealkylation sites (tertiary alicyclic amines) is 2. The number of carbonyl (C=O) groups excluding carboxylic acids is 1. The van der Waals surface area contributed by atoms with Crippen LogP contribution in [0.25, 0.3) is 0 Å². The van der Waals surface area contributed by atoms with Gasteiger partial charge in [0.1, 0.15) is 0 Å². The van der Waals surface area contributed by atoms with E-state index in [1.165, 1.54) is 6.07 Å². The third kappa shape index (κ3) is 5.88. The van der Waals surface area contributed by atoms with Crippen molar-refractivity contribution in [2.75, 3.05) is 57.4 Å². The van der Waals surface area contributed by atoms with Crippen molar-refractivity contribution in [3.05, 3.63) is 29.3 Å². The van der Waals surface area contributed by atoms with Gasteiger partial charge in [-0.25, -0.2) is 4.79 Å². The first-order chi connectivity index (χ1) is 18.1. The fourth-order valence-corrected chi connectivity index (χ4v) is 6.16. The number of halogens is 9. The van der Waals surface area contributed by atoms with Crippen molar-refractivity contribution < 1.29 is 53.8 Å². The molecule has 4 fully saturated rings. The molecule has 1 aromatic rings. The minimum atomic E-state index is -5.79. The molecule has 4 atom stereocenters. The predicted octanol–water partition coefficient (Wildman–Crippen LogP) is 4.78. The molecule has 4 aliphatic rings. The van der Waals surface area contributed by atoms with Gasteiger partial charge in [0.15, 0.2) is 0 Å². The first-order valence-electron chi connectivity index (χ1n) is 12.4. The minimum absolute atomic E-state index is 0.0716. The quantitative estimate of drug-likeness (QED) is 0.484. The Bertz CT molecular complexity index is 1040. The number of fused-ring (bicyclic) bond motifs is 2. The molecule has 4 unspecified atom stereocenters. The van der Waals surface area contributed by atoms with Crippen LogP contribution in [0, 0.1) is 23.7 Å². The average molecular weight is 575 g/mol. The van der Waals surface area contributed by atoms with E-state index in [4.69, 9.17) is 4.74 Å². The molecule has 0 N–H and O–H groups in total. The summed E-state index contributed by atoms with van der Waals surface area (Å²) < 4.78 is 126. The number of hydrogen-bond acceptors (Lipinski definition) is 5. The van der Waals surface area contributed by atoms with E-state index in [2.05, 4.69) is 4.74 Å². The largest absolute Gasteiger partial charge is 0.434 e. The van der Waals surface area contributed by atoms with Crippen LogP contribution in [0.5, 0.6) is 0 Å². The van der Waals surface area contributed by atoms with Crippen LogP contribution in [-0.4, -0.2) is 86.8 Å². The van der Waals surface area contributed by atoms with E-state index in [0.717, 1.165) is 17.0 Å². The molecule has 0 aliphatic carbocycles. The molecular weight excluding hydrogens is 549 g/mol. The molecule has 5 rings (SSSR count). The minimum Gasteiger partial charge on any atom is -0.426 e. The molecule has 1 amide bonds. The van der Waals surface area contributed by atoms with Crippen LogP contribution in [0.3, 0.4) is 0 Å². The van der Waals surface area contributed by atoms with Gasteiger partial charge in [0.25, 0.3) is 6.10 Å². The zero-order valence-electron chi connectivity index (χ0n) is 20.5. The Balaban J connectivity index is 1.23. The van der Waals surface area contributed by atoms with Crippen LogP contribution in [-0.2, 0) is 22.2 Å². The highest BCUT2D eigenvalue weighted by Crippen LogP contribution is 2.41. The zero-order chi connectivity index (χ0) is 28.3. The Morgan fingerprint density at radius 2 is 1.41 bits per heavy atom. The summed E-state index contributed by atoms with van der Waals surface area (Å²) in [7, 11) is 0. The lowest BCUT2D eigenvalue weighted by atomic mass is 10.0. The topological polar surface area (TPSA) is 45.2 Å². The number of nitrogens with zero attached hydrogens (tertiary/aromatic N) is 3. The van der Waals surface area contributed by atoms with Crippen molar-refractivity contribution in [1.82, 2.24) is 9.80 Å². The van der Waals surface area contributed by atoms with E-state index in [1.807, 2.05) is 9.80 Å². The number of hydrogen-bond donors (Lipinski definition) is 0. The van der Waals surface area contributed by atoms with E-state index in [-0.39, 0.29) is 36.8 Å². The molecule has 4 heterocycles. The second kappa shape index (κ2) is 9.89. The normalized spacial score (nSPS) is 27.9. The number of ether oxygens (including phenoxy) is 2. The lowest BCUT2D eigenvalue weighted by Gasteiger charge is -2.28. The molecule has 4 aliphatic heterocycles. The number of amides is 1. The Kier molecular flexibility index (Phi) is 7.13. The van der Waals surface area contributed by atoms with Crippen LogP contribution in [0.15, 0.2) is 18.2 Å². The number of carbonyl (C=O) groups is 1. The summed E-state index contributed by atoms with van der Waals surface area (Å²) in [6.07, 6.45) is -22.0. The Hall–Kier alpha value is -2.42. The van der Waals surface area contributed by atoms with Gasteiger partial charge in [-0.1, -0.05) is 6.07 Å². The lowest BCUT2D eigenvalue weighted by Crippen LogP contribution is -2.48. The summed E-state index contributed by atoms with van der Waals surface area (Å²) in [6, 6.07) is 3.64. The first-order valence-corrected chi connectivity index (χ1v) is 12.4. The maximum absolute atomic E-state index is 13.5. The van der Waals surface area contributed by atoms with Crippen molar-refractivity contribution in [1.29, 1.82) is 0 Å². The Morgan fingerprint density at radius 1 is 0.846 bits per heavy atom. The van der Waals surface area contributed by atoms with E-state index in [9.17, 15) is 44.3 Å². The molecule has 218 valence electrons. The van der Waals surface area contributed by atoms with Gasteiger partial charge < -0.3 is 19.3 Å². The highest BCUT2D eigenvalue weighted by molar-refractivity contribution is 5.68. The molecule has 1 aromatic carbocycles. The summed E-state index contributed by atoms with van der Waals surface area (Å²) in [5.74, 6) is 0.0695. The summed E-state index contributed by atoms with van der Waals surface area (Å²) in [4.78, 5) is 16.9. The van der Waals surface area contributed by atoms with Crippen molar-refractivity contribution in [3.8, 4) is 0 Å². The number of benzene rings is 1. The molecule has 15 heteroatoms. The molecular formula is C24H26F9N3O3. The van der Waals surface area contributed by atoms with Gasteiger partial charge in [0, 0.05) is 63.3 Å². The summed E-state index contributed by atoms with van der Waals surface area (Å²) >= 11 is 0. The Morgan fingerprint density at radius 3 is 1.92 bits per heavy atom. The van der Waals surface area contributed by atoms with Gasteiger partial charge >= 0.3 is 24.6 Å². The van der Waals surface area contributed by atoms with Crippen molar-refractivity contribution >= 4 is 11.8 Å². The third-order valence-corrected chi connectivity index (χ3v) is 8.02. The lowest BCUT2D eigenvalue weighted by molar-refractivity contribution is -0.308. The summed E-state index contributed by atoms with van der Waals surface area (Å²) in [6.45, 7) is 3.24. The van der Waals surface area contributed by atoms with Crippen LogP contribution in [0.4, 0.5) is 50.0 Å². The number of alkyl halides is 9. The molecule has 0 aromatic heterocycles. The molecule has 39 heavy (non-hydrogen) atoms. The zero-order valence-corrected chi connectivity index (χ0v) is 20.5. The smallest absolute Gasteiger partial charge is 0.426 e. The molecule has 0 radical (unpaired) electrons. The SMILES string of the molecule is O=C(OC(C(F)(F)F)C(F)(F)F)N1CC2CN(Cc3ccc(C(F)(F)F)cc3N3CC4COCC4C3)CC2C1.